The van der Waals surface area contributed by atoms with Crippen molar-refractivity contribution in [3.63, 3.8) is 0 Å². The van der Waals surface area contributed by atoms with Crippen molar-refractivity contribution in [2.75, 3.05) is 61.1 Å². The maximum Gasteiger partial charge on any atom is 0.408 e. The average molecular weight is 647 g/mol. The van der Waals surface area contributed by atoms with Gasteiger partial charge in [0.15, 0.2) is 0 Å². The number of nitrogens with one attached hydrogen (secondary N) is 2. The summed E-state index contributed by atoms with van der Waals surface area (Å²) in [5, 5.41) is 5.52. The molecule has 3 aliphatic rings. The van der Waals surface area contributed by atoms with Crippen LogP contribution in [0.5, 0.6) is 0 Å². The minimum Gasteiger partial charge on any atom is -0.444 e. The van der Waals surface area contributed by atoms with E-state index in [1.807, 2.05) is 31.2 Å². The third-order valence-corrected chi connectivity index (χ3v) is 8.20. The van der Waals surface area contributed by atoms with E-state index in [0.717, 1.165) is 16.7 Å². The summed E-state index contributed by atoms with van der Waals surface area (Å²) in [6.07, 6.45) is -5.14. The molecule has 3 aliphatic heterocycles. The number of urea groups is 1. The van der Waals surface area contributed by atoms with Crippen LogP contribution in [-0.4, -0.2) is 91.7 Å². The summed E-state index contributed by atoms with van der Waals surface area (Å²) in [4.78, 5) is 48.8. The molecule has 2 aromatic rings. The predicted octanol–water partition coefficient (Wildman–Crippen LogP) is 5.33. The van der Waals surface area contributed by atoms with E-state index in [-0.39, 0.29) is 19.0 Å². The fourth-order valence-electron chi connectivity index (χ4n) is 5.97. The van der Waals surface area contributed by atoms with Crippen LogP contribution in [0, 0.1) is 12.8 Å². The molecule has 1 aromatic carbocycles. The predicted molar refractivity (Wildman–Crippen MR) is 167 cm³/mol. The van der Waals surface area contributed by atoms with Crippen LogP contribution in [0.2, 0.25) is 0 Å². The zero-order chi connectivity index (χ0) is 33.2. The highest BCUT2D eigenvalue weighted by Crippen LogP contribution is 2.35. The molecule has 11 nitrogen and oxygen atoms in total. The Bertz CT molecular complexity index is 1460. The van der Waals surface area contributed by atoms with E-state index in [0.29, 0.717) is 63.0 Å². The largest absolute Gasteiger partial charge is 0.444 e. The first-order valence-electron chi connectivity index (χ1n) is 15.5. The summed E-state index contributed by atoms with van der Waals surface area (Å²) in [7, 11) is 0. The number of aromatic nitrogens is 1. The molecule has 250 valence electrons. The molecule has 0 radical (unpaired) electrons. The van der Waals surface area contributed by atoms with Crippen LogP contribution in [0.4, 0.5) is 40.1 Å². The quantitative estimate of drug-likeness (QED) is 0.436. The van der Waals surface area contributed by atoms with Gasteiger partial charge in [0.05, 0.1) is 13.2 Å². The Morgan fingerprint density at radius 1 is 1.02 bits per heavy atom. The number of aryl methyl sites for hydroxylation is 1. The van der Waals surface area contributed by atoms with Crippen molar-refractivity contribution in [3.8, 4) is 11.1 Å². The molecule has 3 saturated heterocycles. The Morgan fingerprint density at radius 3 is 2.43 bits per heavy atom. The van der Waals surface area contributed by atoms with Gasteiger partial charge in [0.25, 0.3) is 5.91 Å². The molecule has 0 aliphatic carbocycles. The van der Waals surface area contributed by atoms with Gasteiger partial charge in [-0.1, -0.05) is 6.07 Å². The zero-order valence-electron chi connectivity index (χ0n) is 26.6. The Hall–Kier alpha value is -4.07. The van der Waals surface area contributed by atoms with Gasteiger partial charge in [0.1, 0.15) is 23.3 Å². The maximum atomic E-state index is 13.5. The van der Waals surface area contributed by atoms with Crippen molar-refractivity contribution < 1.29 is 37.0 Å². The monoisotopic (exact) mass is 646 g/mol. The van der Waals surface area contributed by atoms with E-state index in [4.69, 9.17) is 14.5 Å². The van der Waals surface area contributed by atoms with Gasteiger partial charge in [-0.3, -0.25) is 9.69 Å². The molecule has 0 spiro atoms. The van der Waals surface area contributed by atoms with Gasteiger partial charge in [-0.25, -0.2) is 14.6 Å². The molecular weight excluding hydrogens is 605 g/mol. The number of nitrogens with zero attached hydrogens (tertiary/aromatic N) is 4. The highest BCUT2D eigenvalue weighted by molar-refractivity contribution is 6.01. The molecule has 4 heterocycles. The topological polar surface area (TPSA) is 116 Å². The van der Waals surface area contributed by atoms with Gasteiger partial charge in [-0.2, -0.15) is 13.2 Å². The number of halogens is 3. The Morgan fingerprint density at radius 2 is 1.74 bits per heavy atom. The number of alkyl carbamates (subject to hydrolysis) is 1. The summed E-state index contributed by atoms with van der Waals surface area (Å²) in [5.41, 5.74) is 2.26. The summed E-state index contributed by atoms with van der Waals surface area (Å²) in [6.45, 7) is 10.1. The molecule has 0 bridgehead atoms. The number of amides is 4. The molecule has 3 fully saturated rings. The van der Waals surface area contributed by atoms with Gasteiger partial charge in [-0.15, -0.1) is 0 Å². The molecule has 0 saturated carbocycles. The van der Waals surface area contributed by atoms with E-state index in [1.165, 1.54) is 4.90 Å². The van der Waals surface area contributed by atoms with E-state index in [9.17, 15) is 27.6 Å². The number of carbonyl (C=O) groups excluding carboxylic acids is 3. The zero-order valence-corrected chi connectivity index (χ0v) is 26.6. The number of rotatable bonds is 6. The second-order valence-corrected chi connectivity index (χ2v) is 13.0. The standard InChI is InChI=1S/C32H41F3N6O5/c1-20-5-6-23(36-29(43)40-9-7-21(19-40)18-32(33,34)35)17-24(20)22-15-26(39-11-13-45-14-12-39)38-27(16-22)41-10-8-25(28(41)42)37-30(44)46-31(2,3)4/h5-6,15-17,21,25H,7-14,18-19H2,1-4H3,(H,36,43)(H,37,44)/t21-,25+/m0/s1. The first kappa shape index (κ1) is 33.3. The molecule has 0 unspecified atom stereocenters. The number of ether oxygens (including phenoxy) is 2. The van der Waals surface area contributed by atoms with Crippen molar-refractivity contribution in [1.29, 1.82) is 0 Å². The van der Waals surface area contributed by atoms with Gasteiger partial charge in [0.2, 0.25) is 0 Å². The average Bonchev–Trinajstić information content (AvgIpc) is 3.58. The molecule has 2 N–H and O–H groups in total. The number of alkyl halides is 3. The third-order valence-electron chi connectivity index (χ3n) is 8.20. The normalized spacial score (nSPS) is 20.7. The van der Waals surface area contributed by atoms with Crippen LogP contribution in [0.25, 0.3) is 11.1 Å². The van der Waals surface area contributed by atoms with Crippen molar-refractivity contribution >= 4 is 35.4 Å². The van der Waals surface area contributed by atoms with Crippen LogP contribution < -0.4 is 20.4 Å². The summed E-state index contributed by atoms with van der Waals surface area (Å²) < 4.78 is 49.5. The van der Waals surface area contributed by atoms with E-state index in [1.54, 1.807) is 31.7 Å². The third kappa shape index (κ3) is 8.39. The van der Waals surface area contributed by atoms with Gasteiger partial charge in [-0.05, 0) is 87.4 Å². The fourth-order valence-corrected chi connectivity index (χ4v) is 5.97. The Labute approximate surface area is 266 Å². The van der Waals surface area contributed by atoms with Crippen LogP contribution in [0.3, 0.4) is 0 Å². The minimum absolute atomic E-state index is 0.0499. The van der Waals surface area contributed by atoms with Crippen LogP contribution >= 0.6 is 0 Å². The number of hydrogen-bond donors (Lipinski definition) is 2. The molecule has 14 heteroatoms. The second-order valence-electron chi connectivity index (χ2n) is 13.0. The highest BCUT2D eigenvalue weighted by Gasteiger charge is 2.37. The summed E-state index contributed by atoms with van der Waals surface area (Å²) >= 11 is 0. The molecule has 2 atom stereocenters. The lowest BCUT2D eigenvalue weighted by Gasteiger charge is -2.29. The first-order valence-corrected chi connectivity index (χ1v) is 15.5. The Kier molecular flexibility index (Phi) is 9.66. The van der Waals surface area contributed by atoms with Crippen molar-refractivity contribution in [2.45, 2.75) is 64.8 Å². The molecular formula is C32H41F3N6O5. The van der Waals surface area contributed by atoms with Crippen LogP contribution in [-0.2, 0) is 14.3 Å². The van der Waals surface area contributed by atoms with E-state index >= 15 is 0 Å². The highest BCUT2D eigenvalue weighted by atomic mass is 19.4. The van der Waals surface area contributed by atoms with Gasteiger partial charge in [0, 0.05) is 44.8 Å². The first-order chi connectivity index (χ1) is 21.6. The van der Waals surface area contributed by atoms with Crippen LogP contribution in [0.1, 0.15) is 45.6 Å². The molecule has 4 amide bonds. The number of hydrogen-bond acceptors (Lipinski definition) is 7. The van der Waals surface area contributed by atoms with Crippen molar-refractivity contribution in [1.82, 2.24) is 15.2 Å². The van der Waals surface area contributed by atoms with Crippen molar-refractivity contribution in [3.05, 3.63) is 35.9 Å². The second kappa shape index (κ2) is 13.3. The SMILES string of the molecule is Cc1ccc(NC(=O)N2CC[C@@H](CC(F)(F)F)C2)cc1-c1cc(N2CCOCC2)nc(N2CC[C@@H](NC(=O)OC(C)(C)C)C2=O)c1. The fraction of sp³-hybridized carbons (Fsp3) is 0.562. The number of carbonyl (C=O) groups is 3. The summed E-state index contributed by atoms with van der Waals surface area (Å²) in [6, 6.07) is 7.97. The number of pyridine rings is 1. The van der Waals surface area contributed by atoms with Gasteiger partial charge < -0.3 is 29.9 Å². The maximum absolute atomic E-state index is 13.5. The lowest BCUT2D eigenvalue weighted by Crippen LogP contribution is -2.44. The van der Waals surface area contributed by atoms with E-state index in [2.05, 4.69) is 15.5 Å². The number of likely N-dealkylation sites (tertiary alicyclic amines) is 1. The summed E-state index contributed by atoms with van der Waals surface area (Å²) in [5.74, 6) is 0.184. The lowest BCUT2D eigenvalue weighted by atomic mass is 10.00. The minimum atomic E-state index is -4.26. The number of benzene rings is 1. The Balaban J connectivity index is 1.38. The molecule has 5 rings (SSSR count). The van der Waals surface area contributed by atoms with Crippen LogP contribution in [0.15, 0.2) is 30.3 Å². The number of morpholine rings is 1. The smallest absolute Gasteiger partial charge is 0.408 e. The van der Waals surface area contributed by atoms with Crippen molar-refractivity contribution in [2.24, 2.45) is 5.92 Å². The van der Waals surface area contributed by atoms with Gasteiger partial charge >= 0.3 is 18.3 Å². The van der Waals surface area contributed by atoms with E-state index < -0.39 is 42.3 Å². The molecule has 46 heavy (non-hydrogen) atoms. The molecule has 1 aromatic heterocycles. The number of anilines is 3. The lowest BCUT2D eigenvalue weighted by molar-refractivity contribution is -0.143.